The Morgan fingerprint density at radius 3 is 2.67 bits per heavy atom. The molecule has 0 unspecified atom stereocenters. The van der Waals surface area contributed by atoms with Gasteiger partial charge in [0, 0.05) is 6.42 Å². The Hall–Kier alpha value is -1.39. The third-order valence-electron chi connectivity index (χ3n) is 1.67. The molecular formula is C7H10N2O3. The van der Waals surface area contributed by atoms with Crippen LogP contribution in [0.2, 0.25) is 0 Å². The molecule has 0 spiro atoms. The molecule has 0 radical (unpaired) electrons. The highest BCUT2D eigenvalue weighted by molar-refractivity contribution is 6.04. The van der Waals surface area contributed by atoms with Crippen LogP contribution < -0.4 is 5.32 Å². The van der Waals surface area contributed by atoms with Crippen LogP contribution in [0, 0.1) is 0 Å². The molecule has 0 aromatic heterocycles. The van der Waals surface area contributed by atoms with E-state index in [1.807, 2.05) is 0 Å². The zero-order valence-corrected chi connectivity index (χ0v) is 6.79. The Labute approximate surface area is 69.7 Å². The second-order valence-electron chi connectivity index (χ2n) is 2.53. The summed E-state index contributed by atoms with van der Waals surface area (Å²) in [7, 11) is 0. The third-order valence-corrected chi connectivity index (χ3v) is 1.67. The molecule has 1 heterocycles. The fourth-order valence-electron chi connectivity index (χ4n) is 0.903. The van der Waals surface area contributed by atoms with E-state index in [0.29, 0.717) is 6.42 Å². The molecule has 0 bridgehead atoms. The van der Waals surface area contributed by atoms with Crippen LogP contribution in [0.25, 0.3) is 0 Å². The molecular weight excluding hydrogens is 160 g/mol. The van der Waals surface area contributed by atoms with E-state index in [9.17, 15) is 14.4 Å². The number of urea groups is 1. The number of Topliss-reactive ketones (excluding diaryl/α,β-unsaturated/α-hetero) is 1. The molecule has 0 aromatic carbocycles. The fraction of sp³-hybridized carbons (Fsp3) is 0.571. The van der Waals surface area contributed by atoms with Crippen molar-refractivity contribution in [3.63, 3.8) is 0 Å². The van der Waals surface area contributed by atoms with E-state index >= 15 is 0 Å². The Balaban J connectivity index is 2.56. The van der Waals surface area contributed by atoms with Gasteiger partial charge in [0.2, 0.25) is 5.91 Å². The summed E-state index contributed by atoms with van der Waals surface area (Å²) < 4.78 is 0. The summed E-state index contributed by atoms with van der Waals surface area (Å²) in [4.78, 5) is 33.6. The maximum atomic E-state index is 10.9. The molecule has 1 aliphatic rings. The number of carbonyl (C=O) groups is 3. The SMILES string of the molecule is CCC(=O)CN1C(=O)CNC1=O. The number of ketones is 1. The number of nitrogens with one attached hydrogen (secondary N) is 1. The third kappa shape index (κ3) is 1.61. The van der Waals surface area contributed by atoms with Crippen molar-refractivity contribution in [2.24, 2.45) is 0 Å². The van der Waals surface area contributed by atoms with Crippen LogP contribution in [0.1, 0.15) is 13.3 Å². The molecule has 12 heavy (non-hydrogen) atoms. The molecule has 0 atom stereocenters. The van der Waals surface area contributed by atoms with Gasteiger partial charge in [-0.25, -0.2) is 4.79 Å². The smallest absolute Gasteiger partial charge is 0.324 e. The van der Waals surface area contributed by atoms with Crippen molar-refractivity contribution in [2.75, 3.05) is 13.1 Å². The average molecular weight is 170 g/mol. The van der Waals surface area contributed by atoms with Crippen molar-refractivity contribution < 1.29 is 14.4 Å². The Morgan fingerprint density at radius 2 is 2.25 bits per heavy atom. The first-order valence-electron chi connectivity index (χ1n) is 3.75. The second-order valence-corrected chi connectivity index (χ2v) is 2.53. The minimum absolute atomic E-state index is 0.00975. The molecule has 0 aromatic rings. The molecule has 1 aliphatic heterocycles. The van der Waals surface area contributed by atoms with Gasteiger partial charge in [-0.05, 0) is 0 Å². The van der Waals surface area contributed by atoms with E-state index in [-0.39, 0.29) is 24.8 Å². The van der Waals surface area contributed by atoms with Gasteiger partial charge in [-0.2, -0.15) is 0 Å². The highest BCUT2D eigenvalue weighted by Gasteiger charge is 2.29. The molecule has 3 amide bonds. The van der Waals surface area contributed by atoms with Crippen molar-refractivity contribution in [3.05, 3.63) is 0 Å². The lowest BCUT2D eigenvalue weighted by molar-refractivity contribution is -0.129. The van der Waals surface area contributed by atoms with Gasteiger partial charge in [-0.3, -0.25) is 14.5 Å². The quantitative estimate of drug-likeness (QED) is 0.581. The normalized spacial score (nSPS) is 16.6. The first kappa shape index (κ1) is 8.70. The zero-order valence-electron chi connectivity index (χ0n) is 6.79. The number of amides is 3. The lowest BCUT2D eigenvalue weighted by Crippen LogP contribution is -2.35. The van der Waals surface area contributed by atoms with Crippen LogP contribution >= 0.6 is 0 Å². The van der Waals surface area contributed by atoms with Gasteiger partial charge >= 0.3 is 6.03 Å². The van der Waals surface area contributed by atoms with Crippen LogP contribution in [-0.2, 0) is 9.59 Å². The van der Waals surface area contributed by atoms with Gasteiger partial charge < -0.3 is 5.32 Å². The van der Waals surface area contributed by atoms with Crippen LogP contribution in [0.15, 0.2) is 0 Å². The van der Waals surface area contributed by atoms with Gasteiger partial charge in [-0.15, -0.1) is 0 Å². The van der Waals surface area contributed by atoms with Crippen LogP contribution in [0.4, 0.5) is 4.79 Å². The van der Waals surface area contributed by atoms with Gasteiger partial charge in [0.05, 0.1) is 13.1 Å². The molecule has 66 valence electrons. The molecule has 1 rings (SSSR count). The summed E-state index contributed by atoms with van der Waals surface area (Å²) in [6.07, 6.45) is 0.344. The topological polar surface area (TPSA) is 66.5 Å². The fourth-order valence-corrected chi connectivity index (χ4v) is 0.903. The number of nitrogens with zero attached hydrogens (tertiary/aromatic N) is 1. The predicted molar refractivity (Wildman–Crippen MR) is 40.4 cm³/mol. The summed E-state index contributed by atoms with van der Waals surface area (Å²) in [6, 6.07) is -0.471. The standard InChI is InChI=1S/C7H10N2O3/c1-2-5(10)4-9-6(11)3-8-7(9)12/h2-4H2,1H3,(H,8,12). The number of imide groups is 1. The highest BCUT2D eigenvalue weighted by Crippen LogP contribution is 1.99. The lowest BCUT2D eigenvalue weighted by atomic mass is 10.3. The molecule has 5 heteroatoms. The van der Waals surface area contributed by atoms with Crippen molar-refractivity contribution in [1.29, 1.82) is 0 Å². The summed E-state index contributed by atoms with van der Waals surface area (Å²) in [5, 5.41) is 2.33. The van der Waals surface area contributed by atoms with Crippen molar-refractivity contribution >= 4 is 17.7 Å². The predicted octanol–water partition coefficient (Wildman–Crippen LogP) is -0.483. The van der Waals surface area contributed by atoms with Crippen molar-refractivity contribution in [2.45, 2.75) is 13.3 Å². The summed E-state index contributed by atoms with van der Waals surface area (Å²) in [6.45, 7) is 1.61. The summed E-state index contributed by atoms with van der Waals surface area (Å²) in [5.41, 5.74) is 0. The van der Waals surface area contributed by atoms with Gasteiger partial charge in [0.25, 0.3) is 0 Å². The van der Waals surface area contributed by atoms with Crippen molar-refractivity contribution in [3.8, 4) is 0 Å². The first-order valence-corrected chi connectivity index (χ1v) is 3.75. The Kier molecular flexibility index (Phi) is 2.42. The van der Waals surface area contributed by atoms with Gasteiger partial charge in [0.1, 0.15) is 0 Å². The average Bonchev–Trinajstić information content (AvgIpc) is 2.35. The van der Waals surface area contributed by atoms with Crippen molar-refractivity contribution in [1.82, 2.24) is 10.2 Å². The van der Waals surface area contributed by atoms with E-state index in [4.69, 9.17) is 0 Å². The zero-order chi connectivity index (χ0) is 9.14. The Morgan fingerprint density at radius 1 is 1.58 bits per heavy atom. The van der Waals surface area contributed by atoms with E-state index in [1.54, 1.807) is 6.92 Å². The van der Waals surface area contributed by atoms with E-state index < -0.39 is 6.03 Å². The van der Waals surface area contributed by atoms with Crippen LogP contribution in [0.5, 0.6) is 0 Å². The largest absolute Gasteiger partial charge is 0.329 e. The lowest BCUT2D eigenvalue weighted by Gasteiger charge is -2.09. The molecule has 0 aliphatic carbocycles. The summed E-state index contributed by atoms with van der Waals surface area (Å²) in [5.74, 6) is -0.442. The number of hydrogen-bond acceptors (Lipinski definition) is 3. The molecule has 5 nitrogen and oxygen atoms in total. The van der Waals surface area contributed by atoms with Gasteiger partial charge in [-0.1, -0.05) is 6.92 Å². The monoisotopic (exact) mass is 170 g/mol. The molecule has 1 N–H and O–H groups in total. The first-order chi connectivity index (χ1) is 5.65. The number of rotatable bonds is 3. The minimum Gasteiger partial charge on any atom is -0.329 e. The maximum Gasteiger partial charge on any atom is 0.324 e. The summed E-state index contributed by atoms with van der Waals surface area (Å²) >= 11 is 0. The van der Waals surface area contributed by atoms with E-state index in [0.717, 1.165) is 4.90 Å². The van der Waals surface area contributed by atoms with E-state index in [2.05, 4.69) is 5.32 Å². The molecule has 1 saturated heterocycles. The van der Waals surface area contributed by atoms with E-state index in [1.165, 1.54) is 0 Å². The van der Waals surface area contributed by atoms with Gasteiger partial charge in [0.15, 0.2) is 5.78 Å². The van der Waals surface area contributed by atoms with Crippen LogP contribution in [-0.4, -0.2) is 35.7 Å². The number of hydrogen-bond donors (Lipinski definition) is 1. The minimum atomic E-state index is -0.471. The highest BCUT2D eigenvalue weighted by atomic mass is 16.2. The molecule has 0 saturated carbocycles. The maximum absolute atomic E-state index is 10.9. The second kappa shape index (κ2) is 3.34. The Bertz CT molecular complexity index is 221. The van der Waals surface area contributed by atoms with Crippen LogP contribution in [0.3, 0.4) is 0 Å². The number of carbonyl (C=O) groups excluding carboxylic acids is 3. The molecule has 1 fully saturated rings.